The molecule has 1 amide bonds. The molecule has 0 saturated heterocycles. The third-order valence-electron chi connectivity index (χ3n) is 6.11. The fraction of sp³-hybridized carbons (Fsp3) is 0.240. The first-order chi connectivity index (χ1) is 16.3. The van der Waals surface area contributed by atoms with Crippen LogP contribution in [0.4, 0.5) is 8.78 Å². The van der Waals surface area contributed by atoms with Gasteiger partial charge in [0.1, 0.15) is 5.69 Å². The molecule has 0 bridgehead atoms. The highest BCUT2D eigenvalue weighted by molar-refractivity contribution is 6.00. The molecule has 0 atom stereocenters. The molecule has 0 aliphatic carbocycles. The van der Waals surface area contributed by atoms with Gasteiger partial charge in [0.25, 0.3) is 5.91 Å². The molecule has 174 valence electrons. The Hall–Kier alpha value is -4.01. The van der Waals surface area contributed by atoms with E-state index in [0.29, 0.717) is 28.7 Å². The molecule has 0 unspecified atom stereocenters. The van der Waals surface area contributed by atoms with Crippen molar-refractivity contribution in [3.8, 4) is 34.0 Å². The van der Waals surface area contributed by atoms with Crippen LogP contribution in [0, 0.1) is 11.6 Å². The second kappa shape index (κ2) is 8.09. The van der Waals surface area contributed by atoms with Gasteiger partial charge in [0.2, 0.25) is 0 Å². The number of nitrogens with one attached hydrogen (secondary N) is 1. The monoisotopic (exact) mass is 464 g/mol. The molecule has 0 saturated carbocycles. The molecule has 2 aromatic carbocycles. The van der Waals surface area contributed by atoms with Gasteiger partial charge >= 0.3 is 0 Å². The van der Waals surface area contributed by atoms with Gasteiger partial charge in [0.15, 0.2) is 23.1 Å². The van der Waals surface area contributed by atoms with Crippen molar-refractivity contribution in [2.45, 2.75) is 26.4 Å². The zero-order chi connectivity index (χ0) is 24.1. The summed E-state index contributed by atoms with van der Waals surface area (Å²) in [7, 11) is 2.59. The zero-order valence-electron chi connectivity index (χ0n) is 19.1. The van der Waals surface area contributed by atoms with E-state index < -0.39 is 11.6 Å². The third-order valence-corrected chi connectivity index (χ3v) is 6.11. The molecule has 1 aliphatic heterocycles. The topological polar surface area (TPSA) is 80.3 Å². The maximum absolute atomic E-state index is 14.9. The first-order valence-electron chi connectivity index (χ1n) is 10.7. The number of hydrogen-bond donors (Lipinski definition) is 1. The van der Waals surface area contributed by atoms with Crippen molar-refractivity contribution < 1.29 is 23.0 Å². The molecule has 7 nitrogen and oxygen atoms in total. The molecule has 0 fully saturated rings. The van der Waals surface area contributed by atoms with Crippen LogP contribution < -0.4 is 9.47 Å². The van der Waals surface area contributed by atoms with Crippen molar-refractivity contribution in [3.05, 3.63) is 59.3 Å². The highest BCUT2D eigenvalue weighted by atomic mass is 19.1. The molecule has 2 aromatic heterocycles. The second-order valence-corrected chi connectivity index (χ2v) is 8.37. The standard InChI is InChI=1S/C25H22F2N4O3/c1-12(2)31-11-14-7-13(5-6-15(14)25(31)32)24-16-10-28-18(8-17(16)29-30-24)21-22(26)19(33-3)9-20(34-4)23(21)27/h5-10,12H,11H2,1-4H3,(H,29,30). The van der Waals surface area contributed by atoms with Crippen molar-refractivity contribution in [1.29, 1.82) is 0 Å². The van der Waals surface area contributed by atoms with Gasteiger partial charge in [0, 0.05) is 41.4 Å². The maximum Gasteiger partial charge on any atom is 0.254 e. The highest BCUT2D eigenvalue weighted by Gasteiger charge is 2.29. The van der Waals surface area contributed by atoms with E-state index in [1.54, 1.807) is 0 Å². The molecule has 34 heavy (non-hydrogen) atoms. The smallest absolute Gasteiger partial charge is 0.254 e. The van der Waals surface area contributed by atoms with Gasteiger partial charge in [-0.3, -0.25) is 14.9 Å². The van der Waals surface area contributed by atoms with Crippen LogP contribution in [-0.4, -0.2) is 46.2 Å². The minimum atomic E-state index is -0.870. The number of nitrogens with zero attached hydrogens (tertiary/aromatic N) is 3. The van der Waals surface area contributed by atoms with Gasteiger partial charge in [-0.15, -0.1) is 0 Å². The molecule has 1 aliphatic rings. The third kappa shape index (κ3) is 3.27. The van der Waals surface area contributed by atoms with Crippen LogP contribution in [0.25, 0.3) is 33.4 Å². The first-order valence-corrected chi connectivity index (χ1v) is 10.7. The maximum atomic E-state index is 14.9. The van der Waals surface area contributed by atoms with E-state index in [-0.39, 0.29) is 34.7 Å². The van der Waals surface area contributed by atoms with E-state index >= 15 is 0 Å². The summed E-state index contributed by atoms with van der Waals surface area (Å²) in [6.07, 6.45) is 1.52. The normalized spacial score (nSPS) is 13.1. The molecular formula is C25H22F2N4O3. The fourth-order valence-electron chi connectivity index (χ4n) is 4.29. The van der Waals surface area contributed by atoms with E-state index in [1.165, 1.54) is 26.5 Å². The molecule has 0 radical (unpaired) electrons. The highest BCUT2D eigenvalue weighted by Crippen LogP contribution is 2.38. The Bertz CT molecular complexity index is 1420. The fourth-order valence-corrected chi connectivity index (χ4v) is 4.29. The number of benzene rings is 2. The molecule has 1 N–H and O–H groups in total. The molecule has 4 aromatic rings. The Morgan fingerprint density at radius 3 is 2.41 bits per heavy atom. The van der Waals surface area contributed by atoms with Gasteiger partial charge < -0.3 is 14.4 Å². The lowest BCUT2D eigenvalue weighted by Gasteiger charge is -2.19. The number of aromatic nitrogens is 3. The Kier molecular flexibility index (Phi) is 5.19. The van der Waals surface area contributed by atoms with E-state index in [9.17, 15) is 13.6 Å². The Morgan fingerprint density at radius 1 is 1.06 bits per heavy atom. The lowest BCUT2D eigenvalue weighted by molar-refractivity contribution is 0.0730. The SMILES string of the molecule is COc1cc(OC)c(F)c(-c2cc3[nH]nc(-c4ccc5c(c4)CN(C(C)C)C5=O)c3cn2)c1F. The summed E-state index contributed by atoms with van der Waals surface area (Å²) >= 11 is 0. The Balaban J connectivity index is 1.57. The number of carbonyl (C=O) groups excluding carboxylic acids is 1. The summed E-state index contributed by atoms with van der Waals surface area (Å²) in [4.78, 5) is 18.7. The summed E-state index contributed by atoms with van der Waals surface area (Å²) in [6, 6.07) is 8.39. The molecule has 5 rings (SSSR count). The minimum absolute atomic E-state index is 0.0208. The molecule has 0 spiro atoms. The molecule has 9 heteroatoms. The molecular weight excluding hydrogens is 442 g/mol. The number of carbonyl (C=O) groups is 1. The quantitative estimate of drug-likeness (QED) is 0.452. The Morgan fingerprint density at radius 2 is 1.76 bits per heavy atom. The number of hydrogen-bond acceptors (Lipinski definition) is 5. The van der Waals surface area contributed by atoms with Gasteiger partial charge in [-0.25, -0.2) is 8.78 Å². The lowest BCUT2D eigenvalue weighted by Crippen LogP contribution is -2.30. The van der Waals surface area contributed by atoms with Crippen molar-refractivity contribution in [1.82, 2.24) is 20.1 Å². The van der Waals surface area contributed by atoms with Crippen LogP contribution in [0.5, 0.6) is 11.5 Å². The predicted octanol–water partition coefficient (Wildman–Crippen LogP) is 4.95. The average molecular weight is 464 g/mol. The Labute approximate surface area is 194 Å². The van der Waals surface area contributed by atoms with Crippen molar-refractivity contribution in [3.63, 3.8) is 0 Å². The van der Waals surface area contributed by atoms with Gasteiger partial charge in [-0.05, 0) is 37.6 Å². The van der Waals surface area contributed by atoms with Crippen LogP contribution in [0.15, 0.2) is 36.5 Å². The zero-order valence-corrected chi connectivity index (χ0v) is 19.1. The van der Waals surface area contributed by atoms with Gasteiger partial charge in [0.05, 0.1) is 31.0 Å². The number of halogens is 2. The number of ether oxygens (including phenoxy) is 2. The van der Waals surface area contributed by atoms with Crippen molar-refractivity contribution in [2.24, 2.45) is 0 Å². The summed E-state index contributed by atoms with van der Waals surface area (Å²) < 4.78 is 39.9. The van der Waals surface area contributed by atoms with Gasteiger partial charge in [-0.2, -0.15) is 5.10 Å². The van der Waals surface area contributed by atoms with Crippen LogP contribution in [0.1, 0.15) is 29.8 Å². The number of methoxy groups -OCH3 is 2. The number of H-pyrrole nitrogens is 1. The predicted molar refractivity (Wildman–Crippen MR) is 123 cm³/mol. The first kappa shape index (κ1) is 21.8. The second-order valence-electron chi connectivity index (χ2n) is 8.37. The van der Waals surface area contributed by atoms with Gasteiger partial charge in [-0.1, -0.05) is 6.07 Å². The number of amides is 1. The van der Waals surface area contributed by atoms with Crippen molar-refractivity contribution in [2.75, 3.05) is 14.2 Å². The number of pyridine rings is 1. The van der Waals surface area contributed by atoms with Crippen LogP contribution in [0.2, 0.25) is 0 Å². The number of rotatable bonds is 5. The van der Waals surface area contributed by atoms with Crippen LogP contribution in [0.3, 0.4) is 0 Å². The van der Waals surface area contributed by atoms with Crippen molar-refractivity contribution >= 4 is 16.8 Å². The average Bonchev–Trinajstić information content (AvgIpc) is 3.40. The van der Waals surface area contributed by atoms with E-state index in [0.717, 1.165) is 17.2 Å². The van der Waals surface area contributed by atoms with Crippen LogP contribution in [-0.2, 0) is 6.54 Å². The van der Waals surface area contributed by atoms with Crippen LogP contribution >= 0.6 is 0 Å². The summed E-state index contributed by atoms with van der Waals surface area (Å²) in [6.45, 7) is 4.51. The minimum Gasteiger partial charge on any atom is -0.494 e. The number of fused-ring (bicyclic) bond motifs is 2. The summed E-state index contributed by atoms with van der Waals surface area (Å²) in [5.74, 6) is -2.02. The van der Waals surface area contributed by atoms with E-state index in [2.05, 4.69) is 15.2 Å². The largest absolute Gasteiger partial charge is 0.494 e. The van der Waals surface area contributed by atoms with E-state index in [4.69, 9.17) is 9.47 Å². The molecule has 3 heterocycles. The summed E-state index contributed by atoms with van der Waals surface area (Å²) in [5, 5.41) is 8.02. The van der Waals surface area contributed by atoms with E-state index in [1.807, 2.05) is 36.9 Å². The lowest BCUT2D eigenvalue weighted by atomic mass is 10.0. The summed E-state index contributed by atoms with van der Waals surface area (Å²) in [5.41, 5.74) is 3.36. The number of aromatic amines is 1.